The molecule has 2 N–H and O–H groups in total. The maximum Gasteiger partial charge on any atom is 0.261 e. The molecule has 2 aromatic carbocycles. The van der Waals surface area contributed by atoms with Crippen molar-refractivity contribution in [3.63, 3.8) is 0 Å². The minimum atomic E-state index is -0.0695. The zero-order valence-corrected chi connectivity index (χ0v) is 23.7. The van der Waals surface area contributed by atoms with Crippen molar-refractivity contribution in [3.8, 4) is 0 Å². The fourth-order valence-electron chi connectivity index (χ4n) is 5.37. The quantitative estimate of drug-likeness (QED) is 0.168. The van der Waals surface area contributed by atoms with E-state index in [1.165, 1.54) is 25.7 Å². The van der Waals surface area contributed by atoms with Gasteiger partial charge in [-0.15, -0.1) is 6.58 Å². The van der Waals surface area contributed by atoms with Crippen LogP contribution in [0.3, 0.4) is 0 Å². The van der Waals surface area contributed by atoms with Crippen molar-refractivity contribution in [1.29, 1.82) is 0 Å². The number of aromatic nitrogens is 2. The van der Waals surface area contributed by atoms with Gasteiger partial charge in [-0.1, -0.05) is 61.0 Å². The SMILES string of the molecule is C=C[C@H]1CN(C(=NC2CCCCCC2)Nc2ccc3c(=O)n(CCc4ccc(Cl)cc4Cl)cnc3c2)CCN1. The fraction of sp³-hybridized carbons (Fsp3) is 0.433. The molecule has 7 nitrogen and oxygen atoms in total. The van der Waals surface area contributed by atoms with E-state index >= 15 is 0 Å². The van der Waals surface area contributed by atoms with E-state index in [-0.39, 0.29) is 11.6 Å². The van der Waals surface area contributed by atoms with Gasteiger partial charge in [0.2, 0.25) is 0 Å². The first-order valence-electron chi connectivity index (χ1n) is 13.9. The van der Waals surface area contributed by atoms with Crippen molar-refractivity contribution in [1.82, 2.24) is 19.8 Å². The molecular formula is C30H36Cl2N6O. The molecule has 1 aliphatic heterocycles. The van der Waals surface area contributed by atoms with Crippen molar-refractivity contribution in [2.45, 2.75) is 63.6 Å². The van der Waals surface area contributed by atoms with E-state index < -0.39 is 0 Å². The number of aliphatic imine (C=N–C) groups is 1. The highest BCUT2D eigenvalue weighted by Crippen LogP contribution is 2.23. The Kier molecular flexibility index (Phi) is 9.22. The second-order valence-electron chi connectivity index (χ2n) is 10.4. The highest BCUT2D eigenvalue weighted by Gasteiger charge is 2.22. The summed E-state index contributed by atoms with van der Waals surface area (Å²) in [6, 6.07) is 11.7. The summed E-state index contributed by atoms with van der Waals surface area (Å²) in [5, 5.41) is 8.86. The van der Waals surface area contributed by atoms with Gasteiger partial charge in [-0.05, 0) is 55.2 Å². The van der Waals surface area contributed by atoms with Crippen molar-refractivity contribution in [2.75, 3.05) is 25.0 Å². The Morgan fingerprint density at radius 2 is 1.97 bits per heavy atom. The molecule has 0 radical (unpaired) electrons. The third-order valence-electron chi connectivity index (χ3n) is 7.64. The molecule has 2 fully saturated rings. The third kappa shape index (κ3) is 7.02. The number of guanidine groups is 1. The van der Waals surface area contributed by atoms with Gasteiger partial charge in [-0.2, -0.15) is 0 Å². The number of piperazine rings is 1. The molecule has 3 aromatic rings. The average molecular weight is 568 g/mol. The third-order valence-corrected chi connectivity index (χ3v) is 8.22. The van der Waals surface area contributed by atoms with Crippen LogP contribution in [-0.4, -0.2) is 52.1 Å². The number of hydrogen-bond acceptors (Lipinski definition) is 4. The Morgan fingerprint density at radius 1 is 1.15 bits per heavy atom. The highest BCUT2D eigenvalue weighted by molar-refractivity contribution is 6.35. The van der Waals surface area contributed by atoms with Crippen LogP contribution in [0.1, 0.15) is 44.1 Å². The second kappa shape index (κ2) is 13.0. The Labute approximate surface area is 239 Å². The molecular weight excluding hydrogens is 531 g/mol. The number of rotatable bonds is 6. The number of nitrogens with zero attached hydrogens (tertiary/aromatic N) is 4. The molecule has 39 heavy (non-hydrogen) atoms. The summed E-state index contributed by atoms with van der Waals surface area (Å²) in [6.07, 6.45) is 11.5. The lowest BCUT2D eigenvalue weighted by atomic mass is 10.1. The molecule has 1 aliphatic carbocycles. The molecule has 9 heteroatoms. The maximum atomic E-state index is 13.2. The Morgan fingerprint density at radius 3 is 2.74 bits per heavy atom. The average Bonchev–Trinajstić information content (AvgIpc) is 3.22. The molecule has 0 amide bonds. The number of fused-ring (bicyclic) bond motifs is 1. The van der Waals surface area contributed by atoms with Crippen LogP contribution in [0.2, 0.25) is 10.0 Å². The van der Waals surface area contributed by atoms with E-state index in [1.807, 2.05) is 36.4 Å². The Bertz CT molecular complexity index is 1400. The highest BCUT2D eigenvalue weighted by atomic mass is 35.5. The van der Waals surface area contributed by atoms with Crippen LogP contribution in [-0.2, 0) is 13.0 Å². The summed E-state index contributed by atoms with van der Waals surface area (Å²) in [7, 11) is 0. The standard InChI is InChI=1S/C30H36Cl2N6O/c1-2-23-19-37(16-14-33-23)30(35-24-7-5-3-4-6-8-24)36-25-11-12-26-28(18-25)34-20-38(29(26)39)15-13-21-9-10-22(31)17-27(21)32/h2,9-12,17-18,20,23-24,33H,1,3-8,13-16,19H2,(H,35,36)/t23-/m0/s1. The smallest absolute Gasteiger partial charge is 0.261 e. The molecule has 5 rings (SSSR count). The van der Waals surface area contributed by atoms with Gasteiger partial charge < -0.3 is 15.5 Å². The lowest BCUT2D eigenvalue weighted by Crippen LogP contribution is -2.53. The molecule has 0 bridgehead atoms. The van der Waals surface area contributed by atoms with E-state index in [2.05, 4.69) is 27.1 Å². The van der Waals surface area contributed by atoms with Gasteiger partial charge in [-0.25, -0.2) is 9.98 Å². The number of hydrogen-bond donors (Lipinski definition) is 2. The van der Waals surface area contributed by atoms with Gasteiger partial charge in [0.15, 0.2) is 5.96 Å². The lowest BCUT2D eigenvalue weighted by molar-refractivity contribution is 0.317. The summed E-state index contributed by atoms with van der Waals surface area (Å²) in [4.78, 5) is 25.4. The molecule has 2 heterocycles. The summed E-state index contributed by atoms with van der Waals surface area (Å²) in [5.41, 5.74) is 2.41. The number of aryl methyl sites for hydroxylation is 2. The first-order chi connectivity index (χ1) is 19.0. The van der Waals surface area contributed by atoms with E-state index in [9.17, 15) is 4.79 Å². The van der Waals surface area contributed by atoms with E-state index in [1.54, 1.807) is 17.0 Å². The van der Waals surface area contributed by atoms with Crippen LogP contribution in [0.5, 0.6) is 0 Å². The summed E-state index contributed by atoms with van der Waals surface area (Å²) >= 11 is 12.3. The number of nitrogens with one attached hydrogen (secondary N) is 2. The molecule has 1 aromatic heterocycles. The lowest BCUT2D eigenvalue weighted by Gasteiger charge is -2.35. The number of benzene rings is 2. The maximum absolute atomic E-state index is 13.2. The van der Waals surface area contributed by atoms with Crippen molar-refractivity contribution >= 4 is 45.8 Å². The first-order valence-corrected chi connectivity index (χ1v) is 14.6. The minimum Gasteiger partial charge on any atom is -0.340 e. The van der Waals surface area contributed by atoms with Gasteiger partial charge in [0.25, 0.3) is 5.56 Å². The van der Waals surface area contributed by atoms with Crippen LogP contribution in [0.25, 0.3) is 10.9 Å². The molecule has 206 valence electrons. The van der Waals surface area contributed by atoms with Gasteiger partial charge >= 0.3 is 0 Å². The molecule has 0 unspecified atom stereocenters. The van der Waals surface area contributed by atoms with Gasteiger partial charge in [0, 0.05) is 48.0 Å². The minimum absolute atomic E-state index is 0.0695. The Hall–Kier alpha value is -2.87. The summed E-state index contributed by atoms with van der Waals surface area (Å²) < 4.78 is 1.63. The fourth-order valence-corrected chi connectivity index (χ4v) is 5.87. The molecule has 1 saturated heterocycles. The summed E-state index contributed by atoms with van der Waals surface area (Å²) in [5.74, 6) is 0.891. The van der Waals surface area contributed by atoms with Crippen molar-refractivity contribution in [3.05, 3.63) is 81.3 Å². The number of anilines is 1. The van der Waals surface area contributed by atoms with Crippen molar-refractivity contribution in [2.24, 2.45) is 4.99 Å². The monoisotopic (exact) mass is 566 g/mol. The molecule has 2 aliphatic rings. The van der Waals surface area contributed by atoms with Crippen LogP contribution in [0, 0.1) is 0 Å². The molecule has 1 atom stereocenters. The van der Waals surface area contributed by atoms with Crippen LogP contribution < -0.4 is 16.2 Å². The van der Waals surface area contributed by atoms with E-state index in [0.717, 1.165) is 49.7 Å². The predicted octanol–water partition coefficient (Wildman–Crippen LogP) is 5.90. The summed E-state index contributed by atoms with van der Waals surface area (Å²) in [6.45, 7) is 7.02. The molecule has 0 spiro atoms. The van der Waals surface area contributed by atoms with E-state index in [0.29, 0.717) is 40.0 Å². The van der Waals surface area contributed by atoms with Crippen LogP contribution in [0.4, 0.5) is 5.69 Å². The topological polar surface area (TPSA) is 74.5 Å². The van der Waals surface area contributed by atoms with Crippen LogP contribution >= 0.6 is 23.2 Å². The second-order valence-corrected chi connectivity index (χ2v) is 11.3. The largest absolute Gasteiger partial charge is 0.340 e. The normalized spacial score (nSPS) is 19.2. The van der Waals surface area contributed by atoms with Gasteiger partial charge in [0.1, 0.15) is 0 Å². The van der Waals surface area contributed by atoms with Gasteiger partial charge in [-0.3, -0.25) is 9.36 Å². The molecule has 1 saturated carbocycles. The first kappa shape index (κ1) is 27.7. The van der Waals surface area contributed by atoms with Gasteiger partial charge in [0.05, 0.1) is 23.3 Å². The Balaban J connectivity index is 1.36. The zero-order chi connectivity index (χ0) is 27.2. The van der Waals surface area contributed by atoms with Crippen LogP contribution in [0.15, 0.2) is 65.2 Å². The van der Waals surface area contributed by atoms with E-state index in [4.69, 9.17) is 28.2 Å². The number of halogens is 2. The predicted molar refractivity (Wildman–Crippen MR) is 162 cm³/mol. The van der Waals surface area contributed by atoms with Crippen molar-refractivity contribution < 1.29 is 0 Å². The zero-order valence-electron chi connectivity index (χ0n) is 22.2.